The Morgan fingerprint density at radius 1 is 0.400 bits per heavy atom. The molecule has 0 aromatic heterocycles. The second kappa shape index (κ2) is 12.4. The molecule has 0 amide bonds. The van der Waals surface area contributed by atoms with Crippen LogP contribution in [0.5, 0.6) is 23.0 Å². The summed E-state index contributed by atoms with van der Waals surface area (Å²) in [5, 5.41) is 42.0. The molecular formula is C41H44O4. The van der Waals surface area contributed by atoms with Crippen LogP contribution >= 0.6 is 0 Å². The number of benzene rings is 5. The van der Waals surface area contributed by atoms with Crippen LogP contribution in [0.3, 0.4) is 0 Å². The summed E-state index contributed by atoms with van der Waals surface area (Å²) in [5.74, 6) is 0.914. The van der Waals surface area contributed by atoms with Crippen molar-refractivity contribution in [2.24, 2.45) is 0 Å². The highest BCUT2D eigenvalue weighted by Crippen LogP contribution is 2.43. The number of phenolic OH excluding ortho intramolecular Hbond substituents is 4. The van der Waals surface area contributed by atoms with Crippen molar-refractivity contribution in [2.75, 3.05) is 0 Å². The summed E-state index contributed by atoms with van der Waals surface area (Å²) in [7, 11) is 0. The molecule has 0 saturated heterocycles. The fraction of sp³-hybridized carbons (Fsp3) is 0.268. The topological polar surface area (TPSA) is 80.9 Å². The van der Waals surface area contributed by atoms with E-state index in [2.05, 4.69) is 55.5 Å². The summed E-state index contributed by atoms with van der Waals surface area (Å²) in [6.45, 7) is 15.9. The van der Waals surface area contributed by atoms with E-state index in [9.17, 15) is 20.4 Å². The zero-order chi connectivity index (χ0) is 32.7. The Morgan fingerprint density at radius 2 is 0.689 bits per heavy atom. The van der Waals surface area contributed by atoms with Crippen molar-refractivity contribution in [2.45, 2.75) is 73.6 Å². The summed E-state index contributed by atoms with van der Waals surface area (Å²) in [6, 6.07) is 24.5. The molecular weight excluding hydrogens is 556 g/mol. The number of hydrogen-bond acceptors (Lipinski definition) is 4. The van der Waals surface area contributed by atoms with E-state index in [0.29, 0.717) is 5.75 Å². The molecule has 232 valence electrons. The van der Waals surface area contributed by atoms with Gasteiger partial charge in [0.25, 0.3) is 0 Å². The zero-order valence-corrected chi connectivity index (χ0v) is 27.6. The van der Waals surface area contributed by atoms with E-state index in [1.165, 1.54) is 0 Å². The Morgan fingerprint density at radius 3 is 1.02 bits per heavy atom. The summed E-state index contributed by atoms with van der Waals surface area (Å²) < 4.78 is 0. The molecule has 0 radical (unpaired) electrons. The number of aromatic hydroxyl groups is 4. The van der Waals surface area contributed by atoms with E-state index in [0.717, 1.165) is 84.3 Å². The average molecular weight is 601 g/mol. The lowest BCUT2D eigenvalue weighted by Gasteiger charge is -2.27. The van der Waals surface area contributed by atoms with Crippen LogP contribution in [0.4, 0.5) is 0 Å². The maximum Gasteiger partial charge on any atom is 0.118 e. The minimum absolute atomic E-state index is 0.110. The van der Waals surface area contributed by atoms with Crippen molar-refractivity contribution in [1.82, 2.24) is 0 Å². The van der Waals surface area contributed by atoms with Crippen LogP contribution in [-0.2, 0) is 6.42 Å². The third-order valence-electron chi connectivity index (χ3n) is 9.44. The molecule has 0 heterocycles. The molecule has 0 aliphatic rings. The van der Waals surface area contributed by atoms with Gasteiger partial charge in [0.15, 0.2) is 0 Å². The minimum atomic E-state index is -0.115. The molecule has 1 unspecified atom stereocenters. The third-order valence-corrected chi connectivity index (χ3v) is 9.44. The van der Waals surface area contributed by atoms with E-state index >= 15 is 0 Å². The van der Waals surface area contributed by atoms with Gasteiger partial charge in [0.2, 0.25) is 0 Å². The molecule has 4 nitrogen and oxygen atoms in total. The Kier molecular flexibility index (Phi) is 8.71. The number of hydrogen-bond donors (Lipinski definition) is 4. The lowest BCUT2D eigenvalue weighted by Crippen LogP contribution is -2.11. The minimum Gasteiger partial charge on any atom is -0.508 e. The van der Waals surface area contributed by atoms with Gasteiger partial charge in [0, 0.05) is 11.8 Å². The standard InChI is InChI=1S/C41H44O4/c1-9-29-21-39(45)28(8)17-35(29)41(34-16-27(7)38(44)20-24(34)4)31-12-10-30(11-13-31)40(32-14-25(5)36(42)18-22(32)2)33-15-26(6)37(43)19-23(33)3/h10-21,40-45H,9H2,1-8H3. The van der Waals surface area contributed by atoms with Crippen LogP contribution in [0, 0.1) is 48.5 Å². The molecule has 4 heteroatoms. The van der Waals surface area contributed by atoms with E-state index in [1.54, 1.807) is 0 Å². The Balaban J connectivity index is 1.74. The van der Waals surface area contributed by atoms with Crippen molar-refractivity contribution in [3.8, 4) is 23.0 Å². The van der Waals surface area contributed by atoms with Gasteiger partial charge >= 0.3 is 0 Å². The van der Waals surface area contributed by atoms with Crippen molar-refractivity contribution >= 4 is 0 Å². The molecule has 45 heavy (non-hydrogen) atoms. The van der Waals surface area contributed by atoms with E-state index in [4.69, 9.17) is 0 Å². The largest absolute Gasteiger partial charge is 0.508 e. The van der Waals surface area contributed by atoms with Crippen LogP contribution in [0.25, 0.3) is 0 Å². The van der Waals surface area contributed by atoms with Gasteiger partial charge in [-0.1, -0.05) is 55.5 Å². The van der Waals surface area contributed by atoms with E-state index in [1.807, 2.05) is 72.7 Å². The highest BCUT2D eigenvalue weighted by molar-refractivity contribution is 5.58. The van der Waals surface area contributed by atoms with Gasteiger partial charge in [-0.2, -0.15) is 0 Å². The number of phenols is 4. The first-order chi connectivity index (χ1) is 21.3. The summed E-state index contributed by atoms with van der Waals surface area (Å²) >= 11 is 0. The number of rotatable bonds is 7. The molecule has 0 aliphatic carbocycles. The first kappa shape index (κ1) is 31.7. The molecule has 0 saturated carbocycles. The van der Waals surface area contributed by atoms with Crippen LogP contribution in [0.15, 0.2) is 72.8 Å². The molecule has 5 aromatic rings. The fourth-order valence-corrected chi connectivity index (χ4v) is 6.67. The Bertz CT molecular complexity index is 1840. The van der Waals surface area contributed by atoms with Crippen LogP contribution < -0.4 is 0 Å². The van der Waals surface area contributed by atoms with Gasteiger partial charge in [-0.05, 0) is 157 Å². The maximum atomic E-state index is 10.6. The van der Waals surface area contributed by atoms with Gasteiger partial charge in [0.1, 0.15) is 23.0 Å². The first-order valence-electron chi connectivity index (χ1n) is 15.6. The molecule has 0 aliphatic heterocycles. The van der Waals surface area contributed by atoms with Crippen molar-refractivity contribution in [3.05, 3.63) is 151 Å². The monoisotopic (exact) mass is 600 g/mol. The first-order valence-corrected chi connectivity index (χ1v) is 15.6. The molecule has 0 bridgehead atoms. The van der Waals surface area contributed by atoms with Gasteiger partial charge < -0.3 is 20.4 Å². The second-order valence-electron chi connectivity index (χ2n) is 12.7. The maximum absolute atomic E-state index is 10.6. The van der Waals surface area contributed by atoms with E-state index < -0.39 is 0 Å². The second-order valence-corrected chi connectivity index (χ2v) is 12.7. The smallest absolute Gasteiger partial charge is 0.118 e. The van der Waals surface area contributed by atoms with Crippen LogP contribution in [0.1, 0.15) is 96.6 Å². The molecule has 1 atom stereocenters. The summed E-state index contributed by atoms with van der Waals surface area (Å²) in [6.07, 6.45) is 0.773. The predicted molar refractivity (Wildman–Crippen MR) is 183 cm³/mol. The quantitative estimate of drug-likeness (QED) is 0.140. The normalized spacial score (nSPS) is 12.1. The average Bonchev–Trinajstić information content (AvgIpc) is 2.99. The van der Waals surface area contributed by atoms with Crippen molar-refractivity contribution in [1.29, 1.82) is 0 Å². The Labute approximate surface area is 267 Å². The van der Waals surface area contributed by atoms with Crippen LogP contribution in [0.2, 0.25) is 0 Å². The van der Waals surface area contributed by atoms with Gasteiger partial charge in [0.05, 0.1) is 0 Å². The molecule has 0 spiro atoms. The SMILES string of the molecule is CCc1cc(O)c(C)cc1C(c1ccc(C(c2cc(C)c(O)cc2C)c2cc(C)c(O)cc2C)cc1)c1cc(C)c(O)cc1C. The molecule has 5 rings (SSSR count). The lowest BCUT2D eigenvalue weighted by atomic mass is 9.77. The zero-order valence-electron chi connectivity index (χ0n) is 27.6. The van der Waals surface area contributed by atoms with Crippen molar-refractivity contribution in [3.63, 3.8) is 0 Å². The summed E-state index contributed by atoms with van der Waals surface area (Å²) in [5.41, 5.74) is 14.1. The molecule has 4 N–H and O–H groups in total. The van der Waals surface area contributed by atoms with Crippen LogP contribution in [-0.4, -0.2) is 20.4 Å². The van der Waals surface area contributed by atoms with Gasteiger partial charge in [-0.25, -0.2) is 0 Å². The molecule has 0 fully saturated rings. The lowest BCUT2D eigenvalue weighted by molar-refractivity contribution is 0.469. The summed E-state index contributed by atoms with van der Waals surface area (Å²) in [4.78, 5) is 0. The Hall–Kier alpha value is -4.70. The highest BCUT2D eigenvalue weighted by atomic mass is 16.3. The molecule has 5 aromatic carbocycles. The van der Waals surface area contributed by atoms with Gasteiger partial charge in [-0.3, -0.25) is 0 Å². The van der Waals surface area contributed by atoms with E-state index in [-0.39, 0.29) is 29.1 Å². The fourth-order valence-electron chi connectivity index (χ4n) is 6.67. The number of aryl methyl sites for hydroxylation is 8. The van der Waals surface area contributed by atoms with Gasteiger partial charge in [-0.15, -0.1) is 0 Å². The highest BCUT2D eigenvalue weighted by Gasteiger charge is 2.26. The third kappa shape index (κ3) is 6.02. The van der Waals surface area contributed by atoms with Crippen molar-refractivity contribution < 1.29 is 20.4 Å². The predicted octanol–water partition coefficient (Wildman–Crippen LogP) is 9.59.